The van der Waals surface area contributed by atoms with Crippen molar-refractivity contribution < 1.29 is 14.3 Å². The Morgan fingerprint density at radius 3 is 2.85 bits per heavy atom. The Hall–Kier alpha value is -2.88. The molecule has 1 saturated heterocycles. The van der Waals surface area contributed by atoms with Gasteiger partial charge in [-0.15, -0.1) is 10.2 Å². The summed E-state index contributed by atoms with van der Waals surface area (Å²) in [5.41, 5.74) is 3.25. The molecule has 3 aromatic rings. The van der Waals surface area contributed by atoms with Crippen LogP contribution in [0.15, 0.2) is 60.0 Å². The van der Waals surface area contributed by atoms with Crippen LogP contribution in [-0.4, -0.2) is 64.2 Å². The number of methoxy groups -OCH3 is 1. The van der Waals surface area contributed by atoms with Crippen LogP contribution in [0.1, 0.15) is 18.1 Å². The number of nitrogens with zero attached hydrogens (tertiary/aromatic N) is 4. The summed E-state index contributed by atoms with van der Waals surface area (Å²) in [5, 5.41) is 11.8. The first kappa shape index (κ1) is 23.3. The highest BCUT2D eigenvalue weighted by molar-refractivity contribution is 7.99. The highest BCUT2D eigenvalue weighted by atomic mass is 32.2. The van der Waals surface area contributed by atoms with Gasteiger partial charge in [0.15, 0.2) is 5.16 Å². The number of ether oxygens (including phenoxy) is 2. The number of hydrogen-bond acceptors (Lipinski definition) is 7. The SMILES string of the molecule is COc1ccc(-n2cnnc2SCC(=O)NCc2cccc(CN3CCOC(C)C3)c2)cc1. The minimum Gasteiger partial charge on any atom is -0.497 e. The van der Waals surface area contributed by atoms with Gasteiger partial charge in [0, 0.05) is 31.9 Å². The highest BCUT2D eigenvalue weighted by Gasteiger charge is 2.16. The van der Waals surface area contributed by atoms with Gasteiger partial charge in [-0.1, -0.05) is 36.0 Å². The number of hydrogen-bond donors (Lipinski definition) is 1. The standard InChI is InChI=1S/C24H29N5O3S/c1-18-14-28(10-11-32-18)15-20-5-3-4-19(12-20)13-25-23(30)16-33-24-27-26-17-29(24)21-6-8-22(31-2)9-7-21/h3-9,12,17-18H,10-11,13-16H2,1-2H3,(H,25,30). The van der Waals surface area contributed by atoms with E-state index in [-0.39, 0.29) is 17.8 Å². The number of benzene rings is 2. The van der Waals surface area contributed by atoms with Crippen LogP contribution in [-0.2, 0) is 22.6 Å². The third kappa shape index (κ3) is 6.56. The van der Waals surface area contributed by atoms with Gasteiger partial charge in [-0.2, -0.15) is 0 Å². The maximum atomic E-state index is 12.5. The molecule has 0 radical (unpaired) electrons. The molecule has 0 bridgehead atoms. The van der Waals surface area contributed by atoms with E-state index in [1.807, 2.05) is 41.0 Å². The molecule has 4 rings (SSSR count). The van der Waals surface area contributed by atoms with E-state index < -0.39 is 0 Å². The highest BCUT2D eigenvalue weighted by Crippen LogP contribution is 2.21. The summed E-state index contributed by atoms with van der Waals surface area (Å²) >= 11 is 1.36. The monoisotopic (exact) mass is 467 g/mol. The van der Waals surface area contributed by atoms with Crippen LogP contribution in [0.5, 0.6) is 5.75 Å². The normalized spacial score (nSPS) is 16.5. The first-order chi connectivity index (χ1) is 16.1. The van der Waals surface area contributed by atoms with E-state index >= 15 is 0 Å². The van der Waals surface area contributed by atoms with E-state index in [2.05, 4.69) is 39.5 Å². The minimum atomic E-state index is -0.0447. The molecule has 1 aliphatic heterocycles. The van der Waals surface area contributed by atoms with Crippen LogP contribution in [0.4, 0.5) is 0 Å². The summed E-state index contributed by atoms with van der Waals surface area (Å²) in [7, 11) is 1.63. The molecule has 9 heteroatoms. The molecule has 1 N–H and O–H groups in total. The van der Waals surface area contributed by atoms with Crippen molar-refractivity contribution in [2.75, 3.05) is 32.6 Å². The molecule has 1 fully saturated rings. The summed E-state index contributed by atoms with van der Waals surface area (Å²) in [6.07, 6.45) is 1.91. The fourth-order valence-corrected chi connectivity index (χ4v) is 4.51. The van der Waals surface area contributed by atoms with Crippen molar-refractivity contribution in [3.8, 4) is 11.4 Å². The van der Waals surface area contributed by atoms with Crippen LogP contribution < -0.4 is 10.1 Å². The number of amides is 1. The van der Waals surface area contributed by atoms with E-state index in [9.17, 15) is 4.79 Å². The van der Waals surface area contributed by atoms with Gasteiger partial charge < -0.3 is 14.8 Å². The molecule has 8 nitrogen and oxygen atoms in total. The second kappa shape index (κ2) is 11.3. The molecule has 0 aliphatic carbocycles. The summed E-state index contributed by atoms with van der Waals surface area (Å²) in [6, 6.07) is 16.0. The lowest BCUT2D eigenvalue weighted by Crippen LogP contribution is -2.40. The van der Waals surface area contributed by atoms with Gasteiger partial charge in [-0.25, -0.2) is 0 Å². The minimum absolute atomic E-state index is 0.0447. The smallest absolute Gasteiger partial charge is 0.230 e. The predicted octanol–water partition coefficient (Wildman–Crippen LogP) is 2.91. The zero-order valence-corrected chi connectivity index (χ0v) is 19.8. The van der Waals surface area contributed by atoms with Crippen molar-refractivity contribution in [3.63, 3.8) is 0 Å². The summed E-state index contributed by atoms with van der Waals surface area (Å²) in [6.45, 7) is 6.17. The lowest BCUT2D eigenvalue weighted by atomic mass is 10.1. The Labute approximate surface area is 198 Å². The van der Waals surface area contributed by atoms with E-state index in [1.54, 1.807) is 13.4 Å². The first-order valence-electron chi connectivity index (χ1n) is 11.0. The maximum Gasteiger partial charge on any atom is 0.230 e. The lowest BCUT2D eigenvalue weighted by molar-refractivity contribution is -0.118. The number of thioether (sulfide) groups is 1. The molecular weight excluding hydrogens is 438 g/mol. The van der Waals surface area contributed by atoms with Crippen molar-refractivity contribution in [2.45, 2.75) is 31.3 Å². The second-order valence-electron chi connectivity index (χ2n) is 7.98. The molecule has 0 spiro atoms. The molecule has 0 saturated carbocycles. The molecule has 1 amide bonds. The fourth-order valence-electron chi connectivity index (χ4n) is 3.75. The predicted molar refractivity (Wildman–Crippen MR) is 128 cm³/mol. The average Bonchev–Trinajstić information content (AvgIpc) is 3.30. The van der Waals surface area contributed by atoms with Crippen molar-refractivity contribution in [3.05, 3.63) is 66.0 Å². The quantitative estimate of drug-likeness (QED) is 0.485. The first-order valence-corrected chi connectivity index (χ1v) is 11.9. The van der Waals surface area contributed by atoms with Gasteiger partial charge in [-0.05, 0) is 42.3 Å². The molecule has 1 aliphatic rings. The average molecular weight is 468 g/mol. The van der Waals surface area contributed by atoms with Crippen molar-refractivity contribution in [1.82, 2.24) is 25.0 Å². The lowest BCUT2D eigenvalue weighted by Gasteiger charge is -2.31. The van der Waals surface area contributed by atoms with Crippen LogP contribution >= 0.6 is 11.8 Å². The van der Waals surface area contributed by atoms with Gasteiger partial charge in [0.25, 0.3) is 0 Å². The number of carbonyl (C=O) groups is 1. The largest absolute Gasteiger partial charge is 0.497 e. The van der Waals surface area contributed by atoms with Crippen LogP contribution in [0.25, 0.3) is 5.69 Å². The van der Waals surface area contributed by atoms with Crippen molar-refractivity contribution in [1.29, 1.82) is 0 Å². The second-order valence-corrected chi connectivity index (χ2v) is 8.93. The van der Waals surface area contributed by atoms with Crippen LogP contribution in [0.2, 0.25) is 0 Å². The van der Waals surface area contributed by atoms with Crippen LogP contribution in [0, 0.1) is 0 Å². The van der Waals surface area contributed by atoms with E-state index in [1.165, 1.54) is 17.3 Å². The van der Waals surface area contributed by atoms with Crippen molar-refractivity contribution in [2.24, 2.45) is 0 Å². The molecular formula is C24H29N5O3S. The summed E-state index contributed by atoms with van der Waals surface area (Å²) < 4.78 is 12.7. The molecule has 1 unspecified atom stereocenters. The van der Waals surface area contributed by atoms with E-state index in [0.717, 1.165) is 43.2 Å². The Bertz CT molecular complexity index is 1060. The Morgan fingerprint density at radius 1 is 1.24 bits per heavy atom. The Kier molecular flexibility index (Phi) is 7.98. The Morgan fingerprint density at radius 2 is 2.06 bits per heavy atom. The third-order valence-electron chi connectivity index (χ3n) is 5.41. The van der Waals surface area contributed by atoms with Gasteiger partial charge in [-0.3, -0.25) is 14.3 Å². The molecule has 1 atom stereocenters. The molecule has 33 heavy (non-hydrogen) atoms. The molecule has 174 valence electrons. The Balaban J connectivity index is 1.27. The zero-order valence-electron chi connectivity index (χ0n) is 18.9. The van der Waals surface area contributed by atoms with Crippen LogP contribution in [0.3, 0.4) is 0 Å². The van der Waals surface area contributed by atoms with E-state index in [0.29, 0.717) is 11.7 Å². The molecule has 2 aromatic carbocycles. The number of morpholine rings is 1. The van der Waals surface area contributed by atoms with Gasteiger partial charge >= 0.3 is 0 Å². The third-order valence-corrected chi connectivity index (χ3v) is 6.35. The van der Waals surface area contributed by atoms with E-state index in [4.69, 9.17) is 9.47 Å². The topological polar surface area (TPSA) is 81.5 Å². The summed E-state index contributed by atoms with van der Waals surface area (Å²) in [5.74, 6) is 1.00. The number of rotatable bonds is 9. The summed E-state index contributed by atoms with van der Waals surface area (Å²) in [4.78, 5) is 14.9. The van der Waals surface area contributed by atoms with Gasteiger partial charge in [0.2, 0.25) is 5.91 Å². The number of aromatic nitrogens is 3. The number of nitrogens with one attached hydrogen (secondary N) is 1. The van der Waals surface area contributed by atoms with Crippen molar-refractivity contribution >= 4 is 17.7 Å². The van der Waals surface area contributed by atoms with Gasteiger partial charge in [0.05, 0.1) is 25.6 Å². The maximum absolute atomic E-state index is 12.5. The molecule has 1 aromatic heterocycles. The zero-order chi connectivity index (χ0) is 23.0. The number of carbonyl (C=O) groups excluding carboxylic acids is 1. The fraction of sp³-hybridized carbons (Fsp3) is 0.375. The van der Waals surface area contributed by atoms with Gasteiger partial charge in [0.1, 0.15) is 12.1 Å². The molecule has 2 heterocycles.